The molecule has 3 aromatic rings. The van der Waals surface area contributed by atoms with Gasteiger partial charge in [0.05, 0.1) is 29.7 Å². The quantitative estimate of drug-likeness (QED) is 0.342. The molecular weight excluding hydrogens is 346 g/mol. The van der Waals surface area contributed by atoms with E-state index in [-0.39, 0.29) is 11.4 Å². The molecule has 0 radical (unpaired) electrons. The van der Waals surface area contributed by atoms with Crippen molar-refractivity contribution in [3.8, 4) is 22.9 Å². The van der Waals surface area contributed by atoms with Crippen molar-refractivity contribution in [2.45, 2.75) is 33.1 Å². The Hall–Kier alpha value is -3.09. The largest absolute Gasteiger partial charge is 0.493 e. The van der Waals surface area contributed by atoms with Crippen molar-refractivity contribution in [3.63, 3.8) is 0 Å². The summed E-state index contributed by atoms with van der Waals surface area (Å²) in [6, 6.07) is 9.07. The number of nitrogens with zero attached hydrogens (tertiary/aromatic N) is 2. The van der Waals surface area contributed by atoms with E-state index in [4.69, 9.17) is 9.47 Å². The molecule has 0 fully saturated rings. The smallest absolute Gasteiger partial charge is 0.315 e. The van der Waals surface area contributed by atoms with Crippen LogP contribution in [0, 0.1) is 17.0 Å². The molecule has 0 aliphatic heterocycles. The fourth-order valence-corrected chi connectivity index (χ4v) is 2.94. The normalized spacial score (nSPS) is 10.9. The summed E-state index contributed by atoms with van der Waals surface area (Å²) in [5.74, 6) is 1.04. The average Bonchev–Trinajstić information content (AvgIpc) is 3.07. The molecule has 7 heteroatoms. The molecule has 1 N–H and O–H groups in total. The number of aromatic amines is 1. The van der Waals surface area contributed by atoms with Crippen molar-refractivity contribution in [1.82, 2.24) is 9.97 Å². The van der Waals surface area contributed by atoms with Crippen molar-refractivity contribution in [2.24, 2.45) is 0 Å². The molecule has 0 saturated carbocycles. The number of unbranched alkanes of at least 4 members (excludes halogenated alkanes) is 2. The lowest BCUT2D eigenvalue weighted by molar-refractivity contribution is -0.385. The Morgan fingerprint density at radius 1 is 1.22 bits per heavy atom. The van der Waals surface area contributed by atoms with E-state index in [2.05, 4.69) is 16.9 Å². The summed E-state index contributed by atoms with van der Waals surface area (Å²) in [5, 5.41) is 11.6. The molecular formula is C20H23N3O4. The molecule has 27 heavy (non-hydrogen) atoms. The van der Waals surface area contributed by atoms with Crippen LogP contribution in [0.2, 0.25) is 0 Å². The van der Waals surface area contributed by atoms with Crippen molar-refractivity contribution >= 4 is 16.7 Å². The van der Waals surface area contributed by atoms with Crippen LogP contribution in [-0.2, 0) is 0 Å². The average molecular weight is 369 g/mol. The molecule has 7 nitrogen and oxygen atoms in total. The molecule has 0 amide bonds. The molecule has 142 valence electrons. The lowest BCUT2D eigenvalue weighted by atomic mass is 10.1. The van der Waals surface area contributed by atoms with Gasteiger partial charge in [0, 0.05) is 11.6 Å². The van der Waals surface area contributed by atoms with Crippen LogP contribution in [0.4, 0.5) is 5.69 Å². The molecule has 1 aromatic heterocycles. The summed E-state index contributed by atoms with van der Waals surface area (Å²) >= 11 is 0. The standard InChI is InChI=1S/C20H23N3O4/c1-4-5-6-9-27-19-17(23(24)25)11-14(12-18(19)26-3)20-21-15-8-7-13(2)10-16(15)22-20/h7-8,10-12H,4-6,9H2,1-3H3,(H,21,22). The van der Waals surface area contributed by atoms with Crippen LogP contribution in [-0.4, -0.2) is 28.6 Å². The van der Waals surface area contributed by atoms with Gasteiger partial charge in [-0.15, -0.1) is 0 Å². The highest BCUT2D eigenvalue weighted by Crippen LogP contribution is 2.41. The molecule has 3 rings (SSSR count). The maximum absolute atomic E-state index is 11.6. The number of aryl methyl sites for hydroxylation is 1. The Morgan fingerprint density at radius 2 is 2.04 bits per heavy atom. The minimum Gasteiger partial charge on any atom is -0.493 e. The van der Waals surface area contributed by atoms with Crippen LogP contribution in [0.5, 0.6) is 11.5 Å². The summed E-state index contributed by atoms with van der Waals surface area (Å²) in [6.07, 6.45) is 2.89. The van der Waals surface area contributed by atoms with E-state index < -0.39 is 4.92 Å². The Balaban J connectivity index is 2.02. The van der Waals surface area contributed by atoms with E-state index in [1.165, 1.54) is 13.2 Å². The Morgan fingerprint density at radius 3 is 2.74 bits per heavy atom. The number of aromatic nitrogens is 2. The lowest BCUT2D eigenvalue weighted by Gasteiger charge is -2.12. The summed E-state index contributed by atoms with van der Waals surface area (Å²) < 4.78 is 11.1. The number of methoxy groups -OCH3 is 1. The van der Waals surface area contributed by atoms with Crippen molar-refractivity contribution in [1.29, 1.82) is 0 Å². The number of ether oxygens (including phenoxy) is 2. The van der Waals surface area contributed by atoms with Gasteiger partial charge in [0.2, 0.25) is 5.75 Å². The van der Waals surface area contributed by atoms with Crippen LogP contribution in [0.1, 0.15) is 31.7 Å². The monoisotopic (exact) mass is 369 g/mol. The number of rotatable bonds is 8. The minimum atomic E-state index is -0.450. The second-order valence-electron chi connectivity index (χ2n) is 6.45. The zero-order valence-electron chi connectivity index (χ0n) is 15.7. The maximum Gasteiger partial charge on any atom is 0.315 e. The molecule has 0 aliphatic carbocycles. The van der Waals surface area contributed by atoms with Crippen molar-refractivity contribution in [2.75, 3.05) is 13.7 Å². The van der Waals surface area contributed by atoms with E-state index in [0.717, 1.165) is 35.9 Å². The summed E-state index contributed by atoms with van der Waals surface area (Å²) in [7, 11) is 1.48. The van der Waals surface area contributed by atoms with Crippen LogP contribution in [0.15, 0.2) is 30.3 Å². The first-order valence-electron chi connectivity index (χ1n) is 8.99. The molecule has 0 bridgehead atoms. The molecule has 0 aliphatic rings. The Bertz CT molecular complexity index is 965. The van der Waals surface area contributed by atoms with Crippen LogP contribution < -0.4 is 9.47 Å². The third-order valence-electron chi connectivity index (χ3n) is 4.36. The second kappa shape index (κ2) is 8.07. The molecule has 0 saturated heterocycles. The number of nitro benzene ring substituents is 1. The fourth-order valence-electron chi connectivity index (χ4n) is 2.94. The second-order valence-corrected chi connectivity index (χ2v) is 6.45. The van der Waals surface area contributed by atoms with E-state index in [9.17, 15) is 10.1 Å². The zero-order chi connectivity index (χ0) is 19.4. The summed E-state index contributed by atoms with van der Waals surface area (Å²) in [5.41, 5.74) is 3.24. The first kappa shape index (κ1) is 18.7. The SMILES string of the molecule is CCCCCOc1c(OC)cc(-c2nc3ccc(C)cc3[nH]2)cc1[N+](=O)[O-]. The van der Waals surface area contributed by atoms with Gasteiger partial charge in [-0.25, -0.2) is 4.98 Å². The van der Waals surface area contributed by atoms with Gasteiger partial charge in [0.15, 0.2) is 5.75 Å². The number of imidazole rings is 1. The van der Waals surface area contributed by atoms with Gasteiger partial charge < -0.3 is 14.5 Å². The fraction of sp³-hybridized carbons (Fsp3) is 0.350. The highest BCUT2D eigenvalue weighted by Gasteiger charge is 2.24. The highest BCUT2D eigenvalue weighted by atomic mass is 16.6. The third kappa shape index (κ3) is 4.02. The number of benzene rings is 2. The first-order chi connectivity index (χ1) is 13.0. The van der Waals surface area contributed by atoms with Crippen LogP contribution >= 0.6 is 0 Å². The Kier molecular flexibility index (Phi) is 5.59. The number of hydrogen-bond acceptors (Lipinski definition) is 5. The van der Waals surface area contributed by atoms with E-state index >= 15 is 0 Å². The molecule has 2 aromatic carbocycles. The molecule has 1 heterocycles. The zero-order valence-corrected chi connectivity index (χ0v) is 15.7. The predicted octanol–water partition coefficient (Wildman–Crippen LogP) is 5.02. The van der Waals surface area contributed by atoms with Crippen LogP contribution in [0.25, 0.3) is 22.4 Å². The van der Waals surface area contributed by atoms with E-state index in [1.54, 1.807) is 6.07 Å². The van der Waals surface area contributed by atoms with Gasteiger partial charge in [-0.1, -0.05) is 25.8 Å². The van der Waals surface area contributed by atoms with Gasteiger partial charge in [0.25, 0.3) is 0 Å². The van der Waals surface area contributed by atoms with Gasteiger partial charge in [-0.2, -0.15) is 0 Å². The third-order valence-corrected chi connectivity index (χ3v) is 4.36. The predicted molar refractivity (Wildman–Crippen MR) is 104 cm³/mol. The number of nitro groups is 1. The number of fused-ring (bicyclic) bond motifs is 1. The molecule has 0 spiro atoms. The van der Waals surface area contributed by atoms with E-state index in [0.29, 0.717) is 23.7 Å². The van der Waals surface area contributed by atoms with Crippen LogP contribution in [0.3, 0.4) is 0 Å². The molecule has 0 unspecified atom stereocenters. The number of H-pyrrole nitrogens is 1. The number of nitrogens with one attached hydrogen (secondary N) is 1. The van der Waals surface area contributed by atoms with Crippen molar-refractivity contribution in [3.05, 3.63) is 46.0 Å². The Labute approximate surface area is 157 Å². The van der Waals surface area contributed by atoms with E-state index in [1.807, 2.05) is 25.1 Å². The molecule has 0 atom stereocenters. The summed E-state index contributed by atoms with van der Waals surface area (Å²) in [4.78, 5) is 18.9. The maximum atomic E-state index is 11.6. The van der Waals surface area contributed by atoms with Gasteiger partial charge in [-0.3, -0.25) is 10.1 Å². The lowest BCUT2D eigenvalue weighted by Crippen LogP contribution is -2.03. The minimum absolute atomic E-state index is 0.127. The van der Waals surface area contributed by atoms with Crippen molar-refractivity contribution < 1.29 is 14.4 Å². The van der Waals surface area contributed by atoms with Gasteiger partial charge in [0.1, 0.15) is 5.82 Å². The topological polar surface area (TPSA) is 90.3 Å². The van der Waals surface area contributed by atoms with Gasteiger partial charge in [-0.05, 0) is 37.1 Å². The first-order valence-corrected chi connectivity index (χ1v) is 8.99. The highest BCUT2D eigenvalue weighted by molar-refractivity contribution is 5.81. The number of hydrogen-bond donors (Lipinski definition) is 1. The summed E-state index contributed by atoms with van der Waals surface area (Å²) in [6.45, 7) is 4.50. The van der Waals surface area contributed by atoms with Gasteiger partial charge >= 0.3 is 5.69 Å².